The third kappa shape index (κ3) is 3.73. The highest BCUT2D eigenvalue weighted by Gasteiger charge is 2.13. The monoisotopic (exact) mass is 305 g/mol. The van der Waals surface area contributed by atoms with Crippen LogP contribution in [-0.2, 0) is 12.0 Å². The highest BCUT2D eigenvalue weighted by atomic mass is 32.1. The number of benzene rings is 1. The van der Waals surface area contributed by atoms with Crippen LogP contribution in [0, 0.1) is 4.77 Å². The summed E-state index contributed by atoms with van der Waals surface area (Å²) in [5.41, 5.74) is 1.44. The van der Waals surface area contributed by atoms with Crippen molar-refractivity contribution in [2.75, 3.05) is 0 Å². The number of nitrogens with one attached hydrogen (secondary N) is 1. The van der Waals surface area contributed by atoms with Gasteiger partial charge in [-0.25, -0.2) is 0 Å². The zero-order chi connectivity index (χ0) is 15.6. The van der Waals surface area contributed by atoms with Gasteiger partial charge in [-0.05, 0) is 49.2 Å². The molecule has 0 atom stereocenters. The summed E-state index contributed by atoms with van der Waals surface area (Å²) < 4.78 is 8.42. The fraction of sp³-hybridized carbons (Fsp3) is 0.500. The normalized spacial score (nSPS) is 11.9. The minimum atomic E-state index is 0.151. The van der Waals surface area contributed by atoms with Gasteiger partial charge in [-0.15, -0.1) is 0 Å². The molecule has 4 nitrogen and oxygen atoms in total. The predicted octanol–water partition coefficient (Wildman–Crippen LogP) is 4.40. The molecule has 0 aliphatic carbocycles. The molecule has 114 valence electrons. The highest BCUT2D eigenvalue weighted by Crippen LogP contribution is 2.24. The molecule has 0 aliphatic rings. The van der Waals surface area contributed by atoms with Gasteiger partial charge >= 0.3 is 0 Å². The highest BCUT2D eigenvalue weighted by molar-refractivity contribution is 7.71. The van der Waals surface area contributed by atoms with Gasteiger partial charge < -0.3 is 4.74 Å². The molecule has 0 aliphatic heterocycles. The van der Waals surface area contributed by atoms with Crippen LogP contribution in [0.3, 0.4) is 0 Å². The minimum absolute atomic E-state index is 0.151. The molecular weight excluding hydrogens is 282 g/mol. The van der Waals surface area contributed by atoms with E-state index in [0.29, 0.717) is 11.4 Å². The average molecular weight is 305 g/mol. The van der Waals surface area contributed by atoms with Gasteiger partial charge in [0.05, 0.1) is 0 Å². The maximum atomic E-state index is 5.81. The third-order valence-electron chi connectivity index (χ3n) is 3.38. The Bertz CT molecular complexity index is 647. The lowest BCUT2D eigenvalue weighted by Gasteiger charge is -2.19. The van der Waals surface area contributed by atoms with Crippen molar-refractivity contribution in [1.82, 2.24) is 14.8 Å². The predicted molar refractivity (Wildman–Crippen MR) is 87.3 cm³/mol. The summed E-state index contributed by atoms with van der Waals surface area (Å²) in [4.78, 5) is 0. The van der Waals surface area contributed by atoms with Crippen LogP contribution in [-0.4, -0.2) is 14.8 Å². The molecule has 1 heterocycles. The Balaban J connectivity index is 2.09. The number of ether oxygens (including phenoxy) is 1. The van der Waals surface area contributed by atoms with Crippen molar-refractivity contribution in [3.05, 3.63) is 40.4 Å². The number of hydrogen-bond acceptors (Lipinski definition) is 3. The molecule has 0 spiro atoms. The van der Waals surface area contributed by atoms with E-state index in [2.05, 4.69) is 56.9 Å². The molecule has 0 radical (unpaired) electrons. The van der Waals surface area contributed by atoms with Crippen LogP contribution in [0.2, 0.25) is 0 Å². The van der Waals surface area contributed by atoms with Gasteiger partial charge in [-0.1, -0.05) is 32.9 Å². The largest absolute Gasteiger partial charge is 0.486 e. The molecule has 21 heavy (non-hydrogen) atoms. The second-order valence-corrected chi connectivity index (χ2v) is 6.86. The Morgan fingerprint density at radius 3 is 2.38 bits per heavy atom. The summed E-state index contributed by atoms with van der Waals surface area (Å²) in [6, 6.07) is 8.48. The van der Waals surface area contributed by atoms with E-state index < -0.39 is 0 Å². The number of rotatable bonds is 4. The van der Waals surface area contributed by atoms with E-state index in [0.717, 1.165) is 11.6 Å². The molecule has 0 unspecified atom stereocenters. The Labute approximate surface area is 131 Å². The van der Waals surface area contributed by atoms with Crippen molar-refractivity contribution in [2.45, 2.75) is 52.7 Å². The molecule has 0 amide bonds. The van der Waals surface area contributed by atoms with Crippen molar-refractivity contribution >= 4 is 12.2 Å². The van der Waals surface area contributed by atoms with E-state index in [-0.39, 0.29) is 11.5 Å². The van der Waals surface area contributed by atoms with Crippen LogP contribution in [0.1, 0.15) is 52.0 Å². The first-order valence-electron chi connectivity index (χ1n) is 7.18. The summed E-state index contributed by atoms with van der Waals surface area (Å²) in [5, 5.41) is 7.05. The minimum Gasteiger partial charge on any atom is -0.486 e. The summed E-state index contributed by atoms with van der Waals surface area (Å²) in [6.07, 6.45) is 0. The van der Waals surface area contributed by atoms with E-state index in [4.69, 9.17) is 17.0 Å². The van der Waals surface area contributed by atoms with Crippen LogP contribution >= 0.6 is 12.2 Å². The van der Waals surface area contributed by atoms with E-state index >= 15 is 0 Å². The van der Waals surface area contributed by atoms with Crippen molar-refractivity contribution in [3.63, 3.8) is 0 Å². The Hall–Kier alpha value is -1.62. The van der Waals surface area contributed by atoms with Crippen LogP contribution < -0.4 is 4.74 Å². The second-order valence-electron chi connectivity index (χ2n) is 6.47. The Kier molecular flexibility index (Phi) is 4.52. The zero-order valence-corrected chi connectivity index (χ0v) is 14.1. The van der Waals surface area contributed by atoms with Crippen LogP contribution in [0.15, 0.2) is 24.3 Å². The van der Waals surface area contributed by atoms with Crippen LogP contribution in [0.5, 0.6) is 5.75 Å². The molecule has 0 saturated heterocycles. The topological polar surface area (TPSA) is 42.8 Å². The first-order valence-corrected chi connectivity index (χ1v) is 7.59. The van der Waals surface area contributed by atoms with Crippen molar-refractivity contribution < 1.29 is 4.74 Å². The molecule has 5 heteroatoms. The van der Waals surface area contributed by atoms with Gasteiger partial charge in [0.2, 0.25) is 0 Å². The standard InChI is InChI=1S/C16H23N3OS/c1-11(2)19-14(17-18-15(19)21)10-20-13-8-6-12(7-9-13)16(3,4)5/h6-9,11H,10H2,1-5H3,(H,18,21). The van der Waals surface area contributed by atoms with E-state index in [9.17, 15) is 0 Å². The smallest absolute Gasteiger partial charge is 0.195 e. The number of aromatic nitrogens is 3. The van der Waals surface area contributed by atoms with E-state index in [1.165, 1.54) is 5.56 Å². The summed E-state index contributed by atoms with van der Waals surface area (Å²) in [5.74, 6) is 1.65. The molecular formula is C16H23N3OS. The number of H-pyrrole nitrogens is 1. The molecule has 2 aromatic rings. The van der Waals surface area contributed by atoms with Crippen molar-refractivity contribution in [1.29, 1.82) is 0 Å². The summed E-state index contributed by atoms with van der Waals surface area (Å²) in [6.45, 7) is 11.1. The molecule has 0 fully saturated rings. The van der Waals surface area contributed by atoms with Crippen LogP contribution in [0.25, 0.3) is 0 Å². The first-order chi connectivity index (χ1) is 9.79. The maximum Gasteiger partial charge on any atom is 0.195 e. The lowest BCUT2D eigenvalue weighted by molar-refractivity contribution is 0.285. The molecule has 0 saturated carbocycles. The lowest BCUT2D eigenvalue weighted by atomic mass is 9.87. The van der Waals surface area contributed by atoms with Gasteiger partial charge in [-0.2, -0.15) is 5.10 Å². The van der Waals surface area contributed by atoms with Crippen molar-refractivity contribution in [3.8, 4) is 5.75 Å². The Morgan fingerprint density at radius 1 is 1.24 bits per heavy atom. The Morgan fingerprint density at radius 2 is 1.86 bits per heavy atom. The van der Waals surface area contributed by atoms with E-state index in [1.807, 2.05) is 16.7 Å². The second kappa shape index (κ2) is 6.02. The fourth-order valence-corrected chi connectivity index (χ4v) is 2.53. The molecule has 1 aromatic carbocycles. The van der Waals surface area contributed by atoms with Gasteiger partial charge in [0.1, 0.15) is 12.4 Å². The van der Waals surface area contributed by atoms with Gasteiger partial charge in [0, 0.05) is 6.04 Å². The van der Waals surface area contributed by atoms with Gasteiger partial charge in [-0.3, -0.25) is 9.67 Å². The number of hydrogen-bond donors (Lipinski definition) is 1. The fourth-order valence-electron chi connectivity index (χ4n) is 2.17. The number of aromatic amines is 1. The molecule has 0 bridgehead atoms. The lowest BCUT2D eigenvalue weighted by Crippen LogP contribution is -2.11. The molecule has 2 rings (SSSR count). The van der Waals surface area contributed by atoms with Crippen LogP contribution in [0.4, 0.5) is 0 Å². The van der Waals surface area contributed by atoms with E-state index in [1.54, 1.807) is 0 Å². The first kappa shape index (κ1) is 15.8. The van der Waals surface area contributed by atoms with Crippen molar-refractivity contribution in [2.24, 2.45) is 0 Å². The molecule has 1 aromatic heterocycles. The summed E-state index contributed by atoms with van der Waals surface area (Å²) in [7, 11) is 0. The zero-order valence-electron chi connectivity index (χ0n) is 13.3. The van der Waals surface area contributed by atoms with Gasteiger partial charge in [0.15, 0.2) is 10.6 Å². The third-order valence-corrected chi connectivity index (χ3v) is 3.67. The van der Waals surface area contributed by atoms with Gasteiger partial charge in [0.25, 0.3) is 0 Å². The summed E-state index contributed by atoms with van der Waals surface area (Å²) >= 11 is 5.23. The quantitative estimate of drug-likeness (QED) is 0.851. The SMILES string of the molecule is CC(C)n1c(COc2ccc(C(C)(C)C)cc2)n[nH]c1=S. The molecule has 1 N–H and O–H groups in total. The average Bonchev–Trinajstić information content (AvgIpc) is 2.77. The number of nitrogens with zero attached hydrogens (tertiary/aromatic N) is 2. The maximum absolute atomic E-state index is 5.81.